The van der Waals surface area contributed by atoms with E-state index in [4.69, 9.17) is 9.52 Å². The number of rotatable bonds is 5. The van der Waals surface area contributed by atoms with Gasteiger partial charge in [0, 0.05) is 16.4 Å². The van der Waals surface area contributed by atoms with Crippen LogP contribution in [0.5, 0.6) is 0 Å². The van der Waals surface area contributed by atoms with Crippen LogP contribution in [0.15, 0.2) is 27.1 Å². The number of furan rings is 1. The molecule has 0 aliphatic rings. The summed E-state index contributed by atoms with van der Waals surface area (Å²) in [4.78, 5) is 23.1. The third-order valence-corrected chi connectivity index (χ3v) is 4.06. The minimum absolute atomic E-state index is 0.226. The average molecular weight is 368 g/mol. The summed E-state index contributed by atoms with van der Waals surface area (Å²) in [5, 5.41) is 12.6. The first-order valence-electron chi connectivity index (χ1n) is 6.92. The molecule has 22 heavy (non-hydrogen) atoms. The molecule has 0 aliphatic heterocycles. The highest BCUT2D eigenvalue weighted by atomic mass is 79.9. The van der Waals surface area contributed by atoms with Crippen LogP contribution in [0.1, 0.15) is 36.4 Å². The number of hydrogen-bond donors (Lipinski definition) is 2. The van der Waals surface area contributed by atoms with E-state index >= 15 is 0 Å². The lowest BCUT2D eigenvalue weighted by Crippen LogP contribution is -2.31. The van der Waals surface area contributed by atoms with Crippen molar-refractivity contribution in [1.82, 2.24) is 5.32 Å². The summed E-state index contributed by atoms with van der Waals surface area (Å²) in [6.07, 6.45) is 0.346. The lowest BCUT2D eigenvalue weighted by molar-refractivity contribution is -0.147. The minimum Gasteiger partial charge on any atom is -0.481 e. The Labute approximate surface area is 136 Å². The van der Waals surface area contributed by atoms with Crippen molar-refractivity contribution in [3.05, 3.63) is 34.0 Å². The van der Waals surface area contributed by atoms with Gasteiger partial charge in [0.15, 0.2) is 5.76 Å². The first-order valence-corrected chi connectivity index (χ1v) is 7.71. The summed E-state index contributed by atoms with van der Waals surface area (Å²) >= 11 is 3.41. The SMILES string of the molecule is Cc1cc(Br)cc2cc(C(=O)NCCC(C)(C)C(=O)O)oc12. The van der Waals surface area contributed by atoms with Crippen LogP contribution >= 0.6 is 15.9 Å². The summed E-state index contributed by atoms with van der Waals surface area (Å²) in [5.41, 5.74) is 0.748. The van der Waals surface area contributed by atoms with E-state index in [-0.39, 0.29) is 18.2 Å². The van der Waals surface area contributed by atoms with Gasteiger partial charge in [-0.3, -0.25) is 9.59 Å². The highest BCUT2D eigenvalue weighted by molar-refractivity contribution is 9.10. The van der Waals surface area contributed by atoms with Gasteiger partial charge in [-0.25, -0.2) is 0 Å². The number of halogens is 1. The van der Waals surface area contributed by atoms with E-state index in [1.54, 1.807) is 19.9 Å². The second kappa shape index (κ2) is 6.12. The summed E-state index contributed by atoms with van der Waals surface area (Å²) in [7, 11) is 0. The van der Waals surface area contributed by atoms with E-state index in [1.165, 1.54) is 0 Å². The molecular weight excluding hydrogens is 350 g/mol. The standard InChI is InChI=1S/C16H18BrNO4/c1-9-6-11(17)7-10-8-12(22-13(9)10)14(19)18-5-4-16(2,3)15(20)21/h6-8H,4-5H2,1-3H3,(H,18,19)(H,20,21). The number of aliphatic carboxylic acids is 1. The monoisotopic (exact) mass is 367 g/mol. The molecule has 0 unspecified atom stereocenters. The number of nitrogens with one attached hydrogen (secondary N) is 1. The molecule has 1 aromatic carbocycles. The molecule has 0 spiro atoms. The van der Waals surface area contributed by atoms with Gasteiger partial charge in [-0.2, -0.15) is 0 Å². The number of carbonyl (C=O) groups is 2. The highest BCUT2D eigenvalue weighted by Gasteiger charge is 2.26. The van der Waals surface area contributed by atoms with Crippen molar-refractivity contribution in [2.45, 2.75) is 27.2 Å². The van der Waals surface area contributed by atoms with Crippen LogP contribution in [-0.4, -0.2) is 23.5 Å². The van der Waals surface area contributed by atoms with Crippen LogP contribution < -0.4 is 5.32 Å². The van der Waals surface area contributed by atoms with E-state index in [9.17, 15) is 9.59 Å². The summed E-state index contributed by atoms with van der Waals surface area (Å²) < 4.78 is 6.52. The fourth-order valence-corrected chi connectivity index (χ4v) is 2.67. The van der Waals surface area contributed by atoms with Crippen LogP contribution in [0.4, 0.5) is 0 Å². The van der Waals surface area contributed by atoms with E-state index in [1.807, 2.05) is 19.1 Å². The molecule has 118 valence electrons. The minimum atomic E-state index is -0.883. The first kappa shape index (κ1) is 16.5. The zero-order valence-corrected chi connectivity index (χ0v) is 14.3. The Morgan fingerprint density at radius 2 is 2.00 bits per heavy atom. The van der Waals surface area contributed by atoms with Crippen LogP contribution in [0.25, 0.3) is 11.0 Å². The number of amides is 1. The predicted octanol–water partition coefficient (Wildman–Crippen LogP) is 3.73. The molecular formula is C16H18BrNO4. The Hall–Kier alpha value is -1.82. The smallest absolute Gasteiger partial charge is 0.309 e. The molecule has 0 saturated carbocycles. The van der Waals surface area contributed by atoms with Crippen molar-refractivity contribution >= 4 is 38.8 Å². The molecule has 2 rings (SSSR count). The third kappa shape index (κ3) is 3.50. The van der Waals surface area contributed by atoms with Crippen molar-refractivity contribution in [2.24, 2.45) is 5.41 Å². The second-order valence-electron chi connectivity index (χ2n) is 5.95. The number of fused-ring (bicyclic) bond motifs is 1. The van der Waals surface area contributed by atoms with Crippen LogP contribution in [0.3, 0.4) is 0 Å². The van der Waals surface area contributed by atoms with Gasteiger partial charge in [-0.15, -0.1) is 0 Å². The zero-order chi connectivity index (χ0) is 16.5. The summed E-state index contributed by atoms with van der Waals surface area (Å²) in [5.74, 6) is -0.997. The molecule has 1 aromatic heterocycles. The normalized spacial score (nSPS) is 11.6. The topological polar surface area (TPSA) is 79.5 Å². The molecule has 0 atom stereocenters. The maximum atomic E-state index is 12.1. The third-order valence-electron chi connectivity index (χ3n) is 3.61. The van der Waals surface area contributed by atoms with E-state index < -0.39 is 11.4 Å². The average Bonchev–Trinajstić information content (AvgIpc) is 2.82. The Morgan fingerprint density at radius 3 is 2.64 bits per heavy atom. The van der Waals surface area contributed by atoms with Gasteiger partial charge in [0.25, 0.3) is 5.91 Å². The molecule has 0 saturated heterocycles. The Morgan fingerprint density at radius 1 is 1.32 bits per heavy atom. The van der Waals surface area contributed by atoms with Crippen molar-refractivity contribution in [1.29, 1.82) is 0 Å². The number of carboxylic acids is 1. The lowest BCUT2D eigenvalue weighted by Gasteiger charge is -2.18. The quantitative estimate of drug-likeness (QED) is 0.843. The predicted molar refractivity (Wildman–Crippen MR) is 87.0 cm³/mol. The van der Waals surface area contributed by atoms with E-state index in [0.717, 1.165) is 15.4 Å². The Bertz CT molecular complexity index is 733. The molecule has 2 aromatic rings. The van der Waals surface area contributed by atoms with Crippen LogP contribution in [-0.2, 0) is 4.79 Å². The maximum Gasteiger partial charge on any atom is 0.309 e. The van der Waals surface area contributed by atoms with Gasteiger partial charge in [0.2, 0.25) is 0 Å². The van der Waals surface area contributed by atoms with Gasteiger partial charge >= 0.3 is 5.97 Å². The molecule has 5 nitrogen and oxygen atoms in total. The molecule has 1 heterocycles. The molecule has 6 heteroatoms. The molecule has 2 N–H and O–H groups in total. The number of aryl methyl sites for hydroxylation is 1. The zero-order valence-electron chi connectivity index (χ0n) is 12.7. The highest BCUT2D eigenvalue weighted by Crippen LogP contribution is 2.27. The van der Waals surface area contributed by atoms with Crippen LogP contribution in [0.2, 0.25) is 0 Å². The molecule has 1 amide bonds. The molecule has 0 radical (unpaired) electrons. The van der Waals surface area contributed by atoms with Gasteiger partial charge in [0.1, 0.15) is 5.58 Å². The van der Waals surface area contributed by atoms with Crippen molar-refractivity contribution in [3.63, 3.8) is 0 Å². The van der Waals surface area contributed by atoms with Gasteiger partial charge < -0.3 is 14.8 Å². The van der Waals surface area contributed by atoms with Crippen molar-refractivity contribution < 1.29 is 19.1 Å². The van der Waals surface area contributed by atoms with Gasteiger partial charge in [0.05, 0.1) is 5.41 Å². The number of benzene rings is 1. The molecule has 0 bridgehead atoms. The second-order valence-corrected chi connectivity index (χ2v) is 6.86. The fourth-order valence-electron chi connectivity index (χ4n) is 2.08. The molecule has 0 aliphatic carbocycles. The Balaban J connectivity index is 2.08. The number of hydrogen-bond acceptors (Lipinski definition) is 3. The Kier molecular flexibility index (Phi) is 4.60. The van der Waals surface area contributed by atoms with Gasteiger partial charge in [-0.1, -0.05) is 15.9 Å². The summed E-state index contributed by atoms with van der Waals surface area (Å²) in [6.45, 7) is 5.44. The van der Waals surface area contributed by atoms with Crippen molar-refractivity contribution in [2.75, 3.05) is 6.54 Å². The number of carboxylic acid groups (broad SMARTS) is 1. The first-order chi connectivity index (χ1) is 10.2. The van der Waals surface area contributed by atoms with Crippen molar-refractivity contribution in [3.8, 4) is 0 Å². The summed E-state index contributed by atoms with van der Waals surface area (Å²) in [6, 6.07) is 5.49. The van der Waals surface area contributed by atoms with E-state index in [2.05, 4.69) is 21.2 Å². The number of carbonyl (C=O) groups excluding carboxylic acids is 1. The largest absolute Gasteiger partial charge is 0.481 e. The lowest BCUT2D eigenvalue weighted by atomic mass is 9.90. The van der Waals surface area contributed by atoms with Gasteiger partial charge in [-0.05, 0) is 51.0 Å². The van der Waals surface area contributed by atoms with Crippen LogP contribution in [0, 0.1) is 12.3 Å². The fraction of sp³-hybridized carbons (Fsp3) is 0.375. The van der Waals surface area contributed by atoms with E-state index in [0.29, 0.717) is 12.0 Å². The maximum absolute atomic E-state index is 12.1. The molecule has 0 fully saturated rings.